The Morgan fingerprint density at radius 2 is 1.31 bits per heavy atom. The number of dihydropyridines is 1. The van der Waals surface area contributed by atoms with Gasteiger partial charge in [0.1, 0.15) is 12.0 Å². The maximum Gasteiger partial charge on any atom is 0.127 e. The molecule has 0 saturated carbocycles. The number of rotatable bonds is 5. The number of benzene rings is 6. The SMILES string of the molecule is CC1(C)c2cc(C#N)ccc2-c2ccc(-c3ccc(-c4cccc(C(=N)NC5C=CC(c6ccccc6)=CN5)c4)c4ccccc34)cc21. The Morgan fingerprint density at radius 3 is 2.00 bits per heavy atom. The molecule has 48 heavy (non-hydrogen) atoms. The summed E-state index contributed by atoms with van der Waals surface area (Å²) in [5.41, 5.74) is 13.1. The standard InChI is InChI=1S/C44H34N4/c1-44(2)40-23-28(26-45)15-18-38(40)39-19-16-31(25-41(39)44)35-21-20-34(36-13-6-7-14-37(35)36)30-11-8-12-32(24-30)43(46)48-42-22-17-33(27-47-42)29-9-4-3-5-10-29/h3-25,27,42,47H,1-2H3,(H2,46,48). The number of amidine groups is 1. The molecule has 6 aromatic carbocycles. The zero-order valence-corrected chi connectivity index (χ0v) is 26.9. The van der Waals surface area contributed by atoms with Crippen molar-refractivity contribution in [3.05, 3.63) is 174 Å². The normalized spacial score (nSPS) is 15.5. The molecular formula is C44H34N4. The van der Waals surface area contributed by atoms with E-state index in [1.54, 1.807) is 0 Å². The third kappa shape index (κ3) is 4.98. The van der Waals surface area contributed by atoms with Crippen molar-refractivity contribution >= 4 is 22.2 Å². The average molecular weight is 619 g/mol. The molecule has 2 aliphatic rings. The van der Waals surface area contributed by atoms with Crippen LogP contribution >= 0.6 is 0 Å². The van der Waals surface area contributed by atoms with Crippen molar-refractivity contribution in [1.82, 2.24) is 10.6 Å². The number of allylic oxidation sites excluding steroid dienone is 2. The van der Waals surface area contributed by atoms with Gasteiger partial charge in [-0.1, -0.05) is 123 Å². The van der Waals surface area contributed by atoms with Gasteiger partial charge in [0.15, 0.2) is 0 Å². The fraction of sp³-hybridized carbons (Fsp3) is 0.0909. The molecule has 0 fully saturated rings. The van der Waals surface area contributed by atoms with Crippen molar-refractivity contribution in [2.45, 2.75) is 25.4 Å². The van der Waals surface area contributed by atoms with Gasteiger partial charge in [-0.25, -0.2) is 0 Å². The molecule has 4 heteroatoms. The first-order chi connectivity index (χ1) is 23.4. The maximum absolute atomic E-state index is 9.53. The Labute approximate surface area is 281 Å². The van der Waals surface area contributed by atoms with Crippen LogP contribution < -0.4 is 10.6 Å². The minimum Gasteiger partial charge on any atom is -0.368 e. The molecule has 1 aliphatic heterocycles. The summed E-state index contributed by atoms with van der Waals surface area (Å²) in [6.07, 6.45) is 5.96. The van der Waals surface area contributed by atoms with E-state index >= 15 is 0 Å². The first kappa shape index (κ1) is 29.2. The zero-order chi connectivity index (χ0) is 32.8. The van der Waals surface area contributed by atoms with E-state index in [9.17, 15) is 5.26 Å². The van der Waals surface area contributed by atoms with E-state index in [-0.39, 0.29) is 11.6 Å². The minimum atomic E-state index is -0.203. The highest BCUT2D eigenvalue weighted by Crippen LogP contribution is 2.50. The molecule has 4 nitrogen and oxygen atoms in total. The molecule has 1 heterocycles. The summed E-state index contributed by atoms with van der Waals surface area (Å²) in [5.74, 6) is 0.361. The van der Waals surface area contributed by atoms with Crippen LogP contribution in [0.4, 0.5) is 0 Å². The highest BCUT2D eigenvalue weighted by atomic mass is 15.1. The van der Waals surface area contributed by atoms with E-state index < -0.39 is 0 Å². The molecule has 1 unspecified atom stereocenters. The summed E-state index contributed by atoms with van der Waals surface area (Å²) in [4.78, 5) is 0. The number of nitrogens with zero attached hydrogens (tertiary/aromatic N) is 1. The van der Waals surface area contributed by atoms with Crippen LogP contribution in [0.2, 0.25) is 0 Å². The van der Waals surface area contributed by atoms with Gasteiger partial charge in [0.25, 0.3) is 0 Å². The molecular weight excluding hydrogens is 585 g/mol. The van der Waals surface area contributed by atoms with E-state index in [0.29, 0.717) is 11.4 Å². The Kier molecular flexibility index (Phi) is 7.04. The van der Waals surface area contributed by atoms with Gasteiger partial charge in [0.2, 0.25) is 0 Å². The molecule has 0 radical (unpaired) electrons. The molecule has 6 aromatic rings. The van der Waals surface area contributed by atoms with Crippen LogP contribution in [0, 0.1) is 16.7 Å². The van der Waals surface area contributed by atoms with E-state index in [0.717, 1.165) is 27.8 Å². The summed E-state index contributed by atoms with van der Waals surface area (Å²) in [7, 11) is 0. The van der Waals surface area contributed by atoms with Gasteiger partial charge in [0, 0.05) is 17.2 Å². The Morgan fingerprint density at radius 1 is 0.688 bits per heavy atom. The van der Waals surface area contributed by atoms with Crippen LogP contribution in [0.15, 0.2) is 146 Å². The van der Waals surface area contributed by atoms with E-state index in [2.05, 4.69) is 128 Å². The molecule has 0 bridgehead atoms. The second kappa shape index (κ2) is 11.6. The van der Waals surface area contributed by atoms with Gasteiger partial charge in [-0.15, -0.1) is 0 Å². The third-order valence-corrected chi connectivity index (χ3v) is 9.80. The molecule has 1 atom stereocenters. The van der Waals surface area contributed by atoms with Crippen LogP contribution in [0.25, 0.3) is 49.7 Å². The largest absolute Gasteiger partial charge is 0.368 e. The molecule has 3 N–H and O–H groups in total. The van der Waals surface area contributed by atoms with Gasteiger partial charge in [-0.3, -0.25) is 5.41 Å². The van der Waals surface area contributed by atoms with Crippen molar-refractivity contribution in [2.24, 2.45) is 0 Å². The second-order valence-corrected chi connectivity index (χ2v) is 13.0. The molecule has 1 aliphatic carbocycles. The van der Waals surface area contributed by atoms with Crippen LogP contribution in [0.1, 0.15) is 41.7 Å². The van der Waals surface area contributed by atoms with Gasteiger partial charge < -0.3 is 10.6 Å². The minimum absolute atomic E-state index is 0.174. The maximum atomic E-state index is 9.53. The zero-order valence-electron chi connectivity index (χ0n) is 26.9. The number of nitrogens with one attached hydrogen (secondary N) is 3. The Hall–Kier alpha value is -6.18. The average Bonchev–Trinajstić information content (AvgIpc) is 3.36. The summed E-state index contributed by atoms with van der Waals surface area (Å²) >= 11 is 0. The van der Waals surface area contributed by atoms with Gasteiger partial charge in [-0.2, -0.15) is 5.26 Å². The molecule has 0 amide bonds. The number of fused-ring (bicyclic) bond motifs is 4. The quantitative estimate of drug-likeness (QED) is 0.133. The number of nitriles is 1. The van der Waals surface area contributed by atoms with E-state index in [1.807, 2.05) is 48.7 Å². The van der Waals surface area contributed by atoms with E-state index in [1.165, 1.54) is 44.2 Å². The Balaban J connectivity index is 1.09. The predicted octanol–water partition coefficient (Wildman–Crippen LogP) is 9.79. The second-order valence-electron chi connectivity index (χ2n) is 13.0. The smallest absolute Gasteiger partial charge is 0.127 e. The summed E-state index contributed by atoms with van der Waals surface area (Å²) in [6.45, 7) is 4.50. The van der Waals surface area contributed by atoms with Crippen molar-refractivity contribution < 1.29 is 0 Å². The van der Waals surface area contributed by atoms with Crippen molar-refractivity contribution in [1.29, 1.82) is 10.7 Å². The summed E-state index contributed by atoms with van der Waals surface area (Å²) < 4.78 is 0. The van der Waals surface area contributed by atoms with Crippen molar-refractivity contribution in [3.63, 3.8) is 0 Å². The lowest BCUT2D eigenvalue weighted by atomic mass is 9.81. The molecule has 0 aromatic heterocycles. The van der Waals surface area contributed by atoms with Crippen LogP contribution in [-0.2, 0) is 5.41 Å². The summed E-state index contributed by atoms with van der Waals surface area (Å²) in [5, 5.41) is 27.5. The topological polar surface area (TPSA) is 71.7 Å². The first-order valence-electron chi connectivity index (χ1n) is 16.3. The van der Waals surface area contributed by atoms with E-state index in [4.69, 9.17) is 5.41 Å². The van der Waals surface area contributed by atoms with Gasteiger partial charge in [-0.05, 0) is 96.8 Å². The van der Waals surface area contributed by atoms with Crippen LogP contribution in [0.5, 0.6) is 0 Å². The fourth-order valence-electron chi connectivity index (χ4n) is 7.24. The van der Waals surface area contributed by atoms with Crippen LogP contribution in [-0.4, -0.2) is 12.0 Å². The van der Waals surface area contributed by atoms with Gasteiger partial charge in [0.05, 0.1) is 11.6 Å². The third-order valence-electron chi connectivity index (χ3n) is 9.80. The molecule has 0 saturated heterocycles. The highest BCUT2D eigenvalue weighted by molar-refractivity contribution is 6.06. The van der Waals surface area contributed by atoms with Gasteiger partial charge >= 0.3 is 0 Å². The lowest BCUT2D eigenvalue weighted by molar-refractivity contribution is 0.656. The number of hydrogen-bond acceptors (Lipinski definition) is 3. The lowest BCUT2D eigenvalue weighted by Crippen LogP contribution is -2.42. The predicted molar refractivity (Wildman–Crippen MR) is 198 cm³/mol. The molecule has 0 spiro atoms. The Bertz CT molecular complexity index is 2350. The first-order valence-corrected chi connectivity index (χ1v) is 16.3. The monoisotopic (exact) mass is 618 g/mol. The highest BCUT2D eigenvalue weighted by Gasteiger charge is 2.36. The van der Waals surface area contributed by atoms with Crippen molar-refractivity contribution in [3.8, 4) is 39.4 Å². The lowest BCUT2D eigenvalue weighted by Gasteiger charge is -2.22. The number of hydrogen-bond donors (Lipinski definition) is 3. The molecule has 8 rings (SSSR count). The molecule has 230 valence electrons. The fourth-order valence-corrected chi connectivity index (χ4v) is 7.24. The summed E-state index contributed by atoms with van der Waals surface area (Å²) in [6, 6.07) is 46.7. The van der Waals surface area contributed by atoms with Crippen LogP contribution in [0.3, 0.4) is 0 Å². The van der Waals surface area contributed by atoms with Crippen molar-refractivity contribution in [2.75, 3.05) is 0 Å².